The van der Waals surface area contributed by atoms with E-state index in [1.165, 1.54) is 5.56 Å². The number of rotatable bonds is 2. The molecule has 2 rings (SSSR count). The van der Waals surface area contributed by atoms with Crippen LogP contribution in [-0.2, 0) is 13.6 Å². The molecule has 1 aromatic heterocycles. The highest BCUT2D eigenvalue weighted by Gasteiger charge is 2.16. The first-order valence-corrected chi connectivity index (χ1v) is 5.90. The molecule has 0 bridgehead atoms. The Kier molecular flexibility index (Phi) is 5.53. The highest BCUT2D eigenvalue weighted by atomic mass is 127. The van der Waals surface area contributed by atoms with Crippen molar-refractivity contribution in [3.8, 4) is 0 Å². The topological polar surface area (TPSA) is 29.1 Å². The standard InChI is InChI=1S/C14H18N3O.HI/c1-12-5-4-6-13(9-12)10-16(3)14(18)17-8-7-15(2)11-17;/h4-9,11H,10H2,1-3H3;1H/q+1;/p-1. The molecule has 0 saturated carbocycles. The van der Waals surface area contributed by atoms with Crippen LogP contribution in [-0.4, -0.2) is 22.5 Å². The van der Waals surface area contributed by atoms with E-state index in [2.05, 4.69) is 19.1 Å². The van der Waals surface area contributed by atoms with Crippen LogP contribution in [0.5, 0.6) is 0 Å². The Labute approximate surface area is 130 Å². The summed E-state index contributed by atoms with van der Waals surface area (Å²) >= 11 is 0. The van der Waals surface area contributed by atoms with Crippen LogP contribution in [0.2, 0.25) is 0 Å². The van der Waals surface area contributed by atoms with Gasteiger partial charge in [0.2, 0.25) is 0 Å². The van der Waals surface area contributed by atoms with Crippen LogP contribution in [0.3, 0.4) is 0 Å². The molecule has 102 valence electrons. The lowest BCUT2D eigenvalue weighted by molar-refractivity contribution is -0.670. The van der Waals surface area contributed by atoms with Gasteiger partial charge in [-0.1, -0.05) is 29.8 Å². The van der Waals surface area contributed by atoms with Crippen LogP contribution in [0.1, 0.15) is 11.1 Å². The Hall–Kier alpha value is -1.37. The maximum absolute atomic E-state index is 12.1. The summed E-state index contributed by atoms with van der Waals surface area (Å²) in [5, 5.41) is 0. The van der Waals surface area contributed by atoms with E-state index in [0.717, 1.165) is 5.56 Å². The smallest absolute Gasteiger partial charge is 0.415 e. The van der Waals surface area contributed by atoms with Crippen molar-refractivity contribution in [3.05, 3.63) is 54.1 Å². The molecular weight excluding hydrogens is 353 g/mol. The second-order valence-electron chi connectivity index (χ2n) is 4.61. The normalized spacial score (nSPS) is 9.84. The summed E-state index contributed by atoms with van der Waals surface area (Å²) in [5.74, 6) is 0. The second-order valence-corrected chi connectivity index (χ2v) is 4.61. The van der Waals surface area contributed by atoms with E-state index in [1.807, 2.05) is 37.0 Å². The number of amides is 1. The number of aromatic nitrogens is 2. The van der Waals surface area contributed by atoms with E-state index < -0.39 is 0 Å². The zero-order valence-corrected chi connectivity index (χ0v) is 13.5. The number of aryl methyl sites for hydroxylation is 2. The first kappa shape index (κ1) is 15.7. The minimum absolute atomic E-state index is 0. The largest absolute Gasteiger partial charge is 1.00 e. The van der Waals surface area contributed by atoms with Gasteiger partial charge in [0.25, 0.3) is 6.33 Å². The van der Waals surface area contributed by atoms with Crippen molar-refractivity contribution < 1.29 is 33.3 Å². The van der Waals surface area contributed by atoms with Gasteiger partial charge in [0.05, 0.1) is 7.05 Å². The van der Waals surface area contributed by atoms with Crippen LogP contribution in [0.25, 0.3) is 0 Å². The Morgan fingerprint density at radius 2 is 2.16 bits per heavy atom. The lowest BCUT2D eigenvalue weighted by atomic mass is 10.1. The van der Waals surface area contributed by atoms with Gasteiger partial charge in [-0.3, -0.25) is 0 Å². The second kappa shape index (κ2) is 6.70. The highest BCUT2D eigenvalue weighted by Crippen LogP contribution is 2.07. The molecule has 0 aliphatic heterocycles. The van der Waals surface area contributed by atoms with E-state index >= 15 is 0 Å². The van der Waals surface area contributed by atoms with Gasteiger partial charge in [-0.15, -0.1) is 0 Å². The summed E-state index contributed by atoms with van der Waals surface area (Å²) in [6.45, 7) is 2.67. The zero-order chi connectivity index (χ0) is 13.1. The molecule has 0 aliphatic rings. The molecule has 2 aromatic rings. The third-order valence-corrected chi connectivity index (χ3v) is 2.82. The lowest BCUT2D eigenvalue weighted by Gasteiger charge is -2.14. The number of hydrogen-bond donors (Lipinski definition) is 0. The van der Waals surface area contributed by atoms with Gasteiger partial charge in [-0.05, 0) is 12.5 Å². The number of halogens is 1. The minimum Gasteiger partial charge on any atom is -1.00 e. The minimum atomic E-state index is -0.0305. The molecule has 1 heterocycles. The monoisotopic (exact) mass is 371 g/mol. The van der Waals surface area contributed by atoms with Gasteiger partial charge in [-0.25, -0.2) is 9.36 Å². The molecule has 0 N–H and O–H groups in total. The summed E-state index contributed by atoms with van der Waals surface area (Å²) in [5.41, 5.74) is 2.35. The Balaban J connectivity index is 0.00000180. The summed E-state index contributed by atoms with van der Waals surface area (Å²) < 4.78 is 3.42. The highest BCUT2D eigenvalue weighted by molar-refractivity contribution is 5.76. The number of carbonyl (C=O) groups is 1. The molecule has 1 amide bonds. The maximum atomic E-state index is 12.1. The Morgan fingerprint density at radius 3 is 2.74 bits per heavy atom. The van der Waals surface area contributed by atoms with Crippen molar-refractivity contribution in [2.45, 2.75) is 13.5 Å². The van der Waals surface area contributed by atoms with Crippen molar-refractivity contribution in [3.63, 3.8) is 0 Å². The van der Waals surface area contributed by atoms with E-state index in [9.17, 15) is 4.79 Å². The van der Waals surface area contributed by atoms with Crippen LogP contribution in [0.4, 0.5) is 4.79 Å². The molecule has 0 fully saturated rings. The predicted molar refractivity (Wildman–Crippen MR) is 69.0 cm³/mol. The summed E-state index contributed by atoms with van der Waals surface area (Å²) in [6.07, 6.45) is 5.36. The van der Waals surface area contributed by atoms with Crippen LogP contribution >= 0.6 is 0 Å². The molecule has 0 saturated heterocycles. The maximum Gasteiger partial charge on any atom is 0.415 e. The summed E-state index contributed by atoms with van der Waals surface area (Å²) in [4.78, 5) is 13.8. The van der Waals surface area contributed by atoms with Crippen molar-refractivity contribution >= 4 is 6.03 Å². The number of benzene rings is 1. The number of imidazole rings is 1. The van der Waals surface area contributed by atoms with Crippen molar-refractivity contribution in [2.75, 3.05) is 7.05 Å². The number of hydrogen-bond acceptors (Lipinski definition) is 1. The van der Waals surface area contributed by atoms with Crippen LogP contribution in [0.15, 0.2) is 43.0 Å². The first-order chi connectivity index (χ1) is 8.56. The first-order valence-electron chi connectivity index (χ1n) is 5.90. The van der Waals surface area contributed by atoms with Crippen molar-refractivity contribution in [1.82, 2.24) is 9.47 Å². The Bertz CT molecular complexity index is 565. The molecular formula is C14H18IN3O. The quantitative estimate of drug-likeness (QED) is 0.478. The van der Waals surface area contributed by atoms with E-state index in [4.69, 9.17) is 0 Å². The number of carbonyl (C=O) groups excluding carboxylic acids is 1. The molecule has 0 spiro atoms. The molecule has 19 heavy (non-hydrogen) atoms. The molecule has 0 aliphatic carbocycles. The van der Waals surface area contributed by atoms with Crippen molar-refractivity contribution in [2.24, 2.45) is 7.05 Å². The SMILES string of the molecule is Cc1cccc(CN(C)C(=O)n2cc[n+](C)c2)c1.[I-]. The fraction of sp³-hybridized carbons (Fsp3) is 0.286. The van der Waals surface area contributed by atoms with Gasteiger partial charge in [0.15, 0.2) is 0 Å². The average molecular weight is 371 g/mol. The summed E-state index contributed by atoms with van der Waals surface area (Å²) in [6, 6.07) is 8.17. The summed E-state index contributed by atoms with van der Waals surface area (Å²) in [7, 11) is 3.70. The van der Waals surface area contributed by atoms with Crippen LogP contribution < -0.4 is 28.5 Å². The third-order valence-electron chi connectivity index (χ3n) is 2.82. The molecule has 0 unspecified atom stereocenters. The van der Waals surface area contributed by atoms with Gasteiger partial charge >= 0.3 is 6.03 Å². The van der Waals surface area contributed by atoms with Crippen LogP contribution in [0, 0.1) is 6.92 Å². The zero-order valence-electron chi connectivity index (χ0n) is 11.4. The van der Waals surface area contributed by atoms with E-state index in [0.29, 0.717) is 6.54 Å². The van der Waals surface area contributed by atoms with Gasteiger partial charge in [0, 0.05) is 13.6 Å². The van der Waals surface area contributed by atoms with Gasteiger partial charge in [0.1, 0.15) is 12.4 Å². The molecule has 0 atom stereocenters. The van der Waals surface area contributed by atoms with E-state index in [1.54, 1.807) is 22.0 Å². The number of nitrogens with zero attached hydrogens (tertiary/aromatic N) is 3. The average Bonchev–Trinajstić information content (AvgIpc) is 2.75. The van der Waals surface area contributed by atoms with Crippen molar-refractivity contribution in [1.29, 1.82) is 0 Å². The molecule has 5 heteroatoms. The van der Waals surface area contributed by atoms with Gasteiger partial charge in [-0.2, -0.15) is 4.57 Å². The fourth-order valence-electron chi connectivity index (χ4n) is 1.91. The van der Waals surface area contributed by atoms with Gasteiger partial charge < -0.3 is 28.9 Å². The van der Waals surface area contributed by atoms with E-state index in [-0.39, 0.29) is 30.0 Å². The molecule has 4 nitrogen and oxygen atoms in total. The third kappa shape index (κ3) is 4.05. The lowest BCUT2D eigenvalue weighted by Crippen LogP contribution is -3.00. The molecule has 1 aromatic carbocycles. The predicted octanol–water partition coefficient (Wildman–Crippen LogP) is -1.27. The molecule has 0 radical (unpaired) electrons. The Morgan fingerprint density at radius 1 is 1.42 bits per heavy atom. The fourth-order valence-corrected chi connectivity index (χ4v) is 1.91.